The van der Waals surface area contributed by atoms with E-state index in [-0.39, 0.29) is 23.4 Å². The molecule has 0 radical (unpaired) electrons. The molecule has 0 spiro atoms. The molecule has 3 aromatic rings. The van der Waals surface area contributed by atoms with Crippen molar-refractivity contribution in [3.8, 4) is 16.9 Å². The van der Waals surface area contributed by atoms with Crippen molar-refractivity contribution in [2.45, 2.75) is 20.8 Å². The molecule has 8 nitrogen and oxygen atoms in total. The highest BCUT2D eigenvalue weighted by Crippen LogP contribution is 2.37. The third-order valence-electron chi connectivity index (χ3n) is 4.63. The molecule has 3 rings (SSSR count). The molecule has 9 heteroatoms. The van der Waals surface area contributed by atoms with Crippen LogP contribution in [0.4, 0.5) is 10.7 Å². The van der Waals surface area contributed by atoms with E-state index in [1.54, 1.807) is 19.2 Å². The number of nitrogens with one attached hydrogen (secondary N) is 1. The molecule has 1 aromatic heterocycles. The monoisotopic (exact) mass is 454 g/mol. The minimum absolute atomic E-state index is 0.0670. The molecular weight excluding hydrogens is 432 g/mol. The fourth-order valence-corrected chi connectivity index (χ4v) is 4.09. The number of benzene rings is 2. The Morgan fingerprint density at radius 1 is 1.09 bits per heavy atom. The van der Waals surface area contributed by atoms with Crippen LogP contribution in [0.25, 0.3) is 11.1 Å². The number of carbonyl (C=O) groups is 2. The molecule has 0 unspecified atom stereocenters. The van der Waals surface area contributed by atoms with Gasteiger partial charge in [-0.25, -0.2) is 4.79 Å². The zero-order chi connectivity index (χ0) is 23.3. The van der Waals surface area contributed by atoms with Crippen LogP contribution in [-0.2, 0) is 4.74 Å². The standard InChI is InChI=1S/C23H22N2O6S/c1-4-30-17-9-6-15(7-10-17)18-13-32-22(20(18)23(27)31-5-2)24-21(26)16-8-11-19(25(28)29)14(3)12-16/h6-13H,4-5H2,1-3H3,(H,24,26). The summed E-state index contributed by atoms with van der Waals surface area (Å²) in [7, 11) is 0. The minimum atomic E-state index is -0.548. The van der Waals surface area contributed by atoms with Crippen LogP contribution < -0.4 is 10.1 Å². The molecule has 0 atom stereocenters. The van der Waals surface area contributed by atoms with Gasteiger partial charge in [-0.2, -0.15) is 0 Å². The van der Waals surface area contributed by atoms with Crippen molar-refractivity contribution >= 4 is 33.9 Å². The van der Waals surface area contributed by atoms with Crippen LogP contribution in [0, 0.1) is 17.0 Å². The number of nitro benzene ring substituents is 1. The van der Waals surface area contributed by atoms with E-state index in [1.807, 2.05) is 31.2 Å². The van der Waals surface area contributed by atoms with E-state index < -0.39 is 16.8 Å². The second-order valence-corrected chi connectivity index (χ2v) is 7.62. The lowest BCUT2D eigenvalue weighted by Crippen LogP contribution is -2.15. The Balaban J connectivity index is 1.94. The Kier molecular flexibility index (Phi) is 7.21. The van der Waals surface area contributed by atoms with Crippen molar-refractivity contribution in [1.82, 2.24) is 0 Å². The van der Waals surface area contributed by atoms with Crippen molar-refractivity contribution in [3.63, 3.8) is 0 Å². The summed E-state index contributed by atoms with van der Waals surface area (Å²) < 4.78 is 10.7. The molecule has 0 aliphatic carbocycles. The summed E-state index contributed by atoms with van der Waals surface area (Å²) in [5.74, 6) is -0.312. The summed E-state index contributed by atoms with van der Waals surface area (Å²) in [5.41, 5.74) is 2.22. The van der Waals surface area contributed by atoms with Gasteiger partial charge in [-0.1, -0.05) is 12.1 Å². The summed E-state index contributed by atoms with van der Waals surface area (Å²) in [4.78, 5) is 36.0. The van der Waals surface area contributed by atoms with Gasteiger partial charge in [-0.05, 0) is 50.6 Å². The molecule has 166 valence electrons. The van der Waals surface area contributed by atoms with E-state index in [4.69, 9.17) is 9.47 Å². The summed E-state index contributed by atoms with van der Waals surface area (Å²) >= 11 is 1.20. The van der Waals surface area contributed by atoms with Crippen molar-refractivity contribution in [2.24, 2.45) is 0 Å². The van der Waals surface area contributed by atoms with Crippen LogP contribution in [0.3, 0.4) is 0 Å². The van der Waals surface area contributed by atoms with Crippen LogP contribution in [0.2, 0.25) is 0 Å². The first-order valence-corrected chi connectivity index (χ1v) is 10.8. The maximum absolute atomic E-state index is 12.8. The number of rotatable bonds is 8. The van der Waals surface area contributed by atoms with Gasteiger partial charge < -0.3 is 14.8 Å². The number of esters is 1. The molecule has 1 N–H and O–H groups in total. The summed E-state index contributed by atoms with van der Waals surface area (Å²) in [6.45, 7) is 5.90. The van der Waals surface area contributed by atoms with Gasteiger partial charge in [-0.3, -0.25) is 14.9 Å². The third kappa shape index (κ3) is 4.94. The number of nitro groups is 1. The van der Waals surface area contributed by atoms with E-state index >= 15 is 0 Å². The van der Waals surface area contributed by atoms with Crippen molar-refractivity contribution in [1.29, 1.82) is 0 Å². The average Bonchev–Trinajstić information content (AvgIpc) is 3.18. The number of anilines is 1. The molecule has 1 amide bonds. The largest absolute Gasteiger partial charge is 0.494 e. The Morgan fingerprint density at radius 2 is 1.81 bits per heavy atom. The van der Waals surface area contributed by atoms with Crippen LogP contribution >= 0.6 is 11.3 Å². The lowest BCUT2D eigenvalue weighted by atomic mass is 10.0. The number of thiophene rings is 1. The molecule has 0 aliphatic rings. The van der Waals surface area contributed by atoms with Crippen molar-refractivity contribution < 1.29 is 24.0 Å². The summed E-state index contributed by atoms with van der Waals surface area (Å²) in [6, 6.07) is 11.4. The molecule has 0 saturated carbocycles. The van der Waals surface area contributed by atoms with Crippen molar-refractivity contribution in [3.05, 3.63) is 74.6 Å². The SMILES string of the molecule is CCOC(=O)c1c(-c2ccc(OCC)cc2)csc1NC(=O)c1ccc([N+](=O)[O-])c(C)c1. The number of hydrogen-bond donors (Lipinski definition) is 1. The molecule has 0 aliphatic heterocycles. The van der Waals surface area contributed by atoms with Gasteiger partial charge in [0.1, 0.15) is 16.3 Å². The number of hydrogen-bond acceptors (Lipinski definition) is 7. The summed E-state index contributed by atoms with van der Waals surface area (Å²) in [6.07, 6.45) is 0. The van der Waals surface area contributed by atoms with Gasteiger partial charge in [-0.15, -0.1) is 11.3 Å². The van der Waals surface area contributed by atoms with Gasteiger partial charge in [0.05, 0.1) is 18.1 Å². The zero-order valence-corrected chi connectivity index (χ0v) is 18.7. The van der Waals surface area contributed by atoms with E-state index in [0.29, 0.717) is 28.5 Å². The first-order chi connectivity index (χ1) is 15.3. The van der Waals surface area contributed by atoms with Crippen LogP contribution in [0.5, 0.6) is 5.75 Å². The van der Waals surface area contributed by atoms with Crippen LogP contribution in [0.1, 0.15) is 40.1 Å². The highest BCUT2D eigenvalue weighted by molar-refractivity contribution is 7.15. The Bertz CT molecular complexity index is 1150. The van der Waals surface area contributed by atoms with Gasteiger partial charge in [0, 0.05) is 28.1 Å². The minimum Gasteiger partial charge on any atom is -0.494 e. The lowest BCUT2D eigenvalue weighted by Gasteiger charge is -2.10. The topological polar surface area (TPSA) is 108 Å². The fraction of sp³-hybridized carbons (Fsp3) is 0.217. The van der Waals surface area contributed by atoms with Gasteiger partial charge in [0.25, 0.3) is 11.6 Å². The highest BCUT2D eigenvalue weighted by Gasteiger charge is 2.24. The second-order valence-electron chi connectivity index (χ2n) is 6.74. The molecule has 0 saturated heterocycles. The maximum Gasteiger partial charge on any atom is 0.341 e. The fourth-order valence-electron chi connectivity index (χ4n) is 3.14. The van der Waals surface area contributed by atoms with Gasteiger partial charge in [0.15, 0.2) is 0 Å². The number of amides is 1. The molecule has 32 heavy (non-hydrogen) atoms. The Labute approximate surface area is 188 Å². The molecule has 0 fully saturated rings. The number of aryl methyl sites for hydroxylation is 1. The predicted molar refractivity (Wildman–Crippen MR) is 123 cm³/mol. The number of carbonyl (C=O) groups excluding carboxylic acids is 2. The first-order valence-electron chi connectivity index (χ1n) is 9.93. The van der Waals surface area contributed by atoms with E-state index in [2.05, 4.69) is 5.32 Å². The third-order valence-corrected chi connectivity index (χ3v) is 5.53. The van der Waals surface area contributed by atoms with E-state index in [9.17, 15) is 19.7 Å². The van der Waals surface area contributed by atoms with E-state index in [0.717, 1.165) is 5.56 Å². The number of nitrogens with zero attached hydrogens (tertiary/aromatic N) is 1. The summed E-state index contributed by atoms with van der Waals surface area (Å²) in [5, 5.41) is 15.9. The molecule has 1 heterocycles. The van der Waals surface area contributed by atoms with Gasteiger partial charge >= 0.3 is 5.97 Å². The lowest BCUT2D eigenvalue weighted by molar-refractivity contribution is -0.385. The Hall–Kier alpha value is -3.72. The maximum atomic E-state index is 12.8. The Morgan fingerprint density at radius 3 is 2.41 bits per heavy atom. The molecule has 2 aromatic carbocycles. The van der Waals surface area contributed by atoms with Crippen LogP contribution in [0.15, 0.2) is 47.8 Å². The molecule has 0 bridgehead atoms. The average molecular weight is 455 g/mol. The van der Waals surface area contributed by atoms with E-state index in [1.165, 1.54) is 29.5 Å². The molecular formula is C23H22N2O6S. The van der Waals surface area contributed by atoms with Crippen LogP contribution in [-0.4, -0.2) is 30.0 Å². The van der Waals surface area contributed by atoms with Crippen molar-refractivity contribution in [2.75, 3.05) is 18.5 Å². The normalized spacial score (nSPS) is 10.5. The predicted octanol–water partition coefficient (Wildman–Crippen LogP) is 5.46. The number of ether oxygens (including phenoxy) is 2. The second kappa shape index (κ2) is 10.1. The highest BCUT2D eigenvalue weighted by atomic mass is 32.1. The zero-order valence-electron chi connectivity index (χ0n) is 17.8. The first kappa shape index (κ1) is 23.0. The smallest absolute Gasteiger partial charge is 0.341 e. The quantitative estimate of drug-likeness (QED) is 0.275. The van der Waals surface area contributed by atoms with Gasteiger partial charge in [0.2, 0.25) is 0 Å².